The average molecular weight is 795 g/mol. The lowest BCUT2D eigenvalue weighted by Gasteiger charge is -2.47. The van der Waals surface area contributed by atoms with E-state index in [0.29, 0.717) is 36.9 Å². The van der Waals surface area contributed by atoms with Crippen LogP contribution in [0.4, 0.5) is 23.7 Å². The molecule has 3 aliphatic rings. The highest BCUT2D eigenvalue weighted by Crippen LogP contribution is 2.44. The molecule has 5 heterocycles. The number of rotatable bonds is 6. The van der Waals surface area contributed by atoms with E-state index in [1.54, 1.807) is 15.5 Å². The first-order chi connectivity index (χ1) is 26.8. The fraction of sp³-hybridized carbons (Fsp3) is 0.395. The molecule has 8 rings (SSSR count). The topological polar surface area (TPSA) is 142 Å². The maximum absolute atomic E-state index is 14.2. The summed E-state index contributed by atoms with van der Waals surface area (Å²) in [4.78, 5) is 16.4. The summed E-state index contributed by atoms with van der Waals surface area (Å²) in [7, 11) is 0. The van der Waals surface area contributed by atoms with Crippen molar-refractivity contribution in [1.82, 2.24) is 34.7 Å². The fourth-order valence-electron chi connectivity index (χ4n) is 7.17. The summed E-state index contributed by atoms with van der Waals surface area (Å²) < 4.78 is 69.7. The molecule has 3 aliphatic heterocycles. The molecule has 6 atom stereocenters. The number of aromatic nitrogens is 6. The molecule has 0 radical (unpaired) electrons. The first-order valence-electron chi connectivity index (χ1n) is 18.0. The van der Waals surface area contributed by atoms with Crippen molar-refractivity contribution in [3.8, 4) is 16.9 Å². The summed E-state index contributed by atoms with van der Waals surface area (Å²) in [6.45, 7) is 7.59. The summed E-state index contributed by atoms with van der Waals surface area (Å²) in [5.41, 5.74) is 1.49. The third-order valence-corrected chi connectivity index (χ3v) is 10.2. The van der Waals surface area contributed by atoms with Crippen molar-refractivity contribution < 1.29 is 42.0 Å². The van der Waals surface area contributed by atoms with Gasteiger partial charge in [0.25, 0.3) is 0 Å². The number of benzene rings is 3. The van der Waals surface area contributed by atoms with Gasteiger partial charge in [-0.2, -0.15) is 0 Å². The first-order valence-corrected chi connectivity index (χ1v) is 18.4. The summed E-state index contributed by atoms with van der Waals surface area (Å²) in [5.74, 6) is -4.13. The summed E-state index contributed by atoms with van der Waals surface area (Å²) >= 11 is 6.87. The quantitative estimate of drug-likeness (QED) is 0.208. The molecule has 294 valence electrons. The van der Waals surface area contributed by atoms with E-state index in [-0.39, 0.29) is 29.8 Å². The molecule has 0 saturated carbocycles. The molecular formula is C38H38ClF3N8O6. The second-order valence-electron chi connectivity index (χ2n) is 14.7. The Hall–Kier alpha value is -5.07. The van der Waals surface area contributed by atoms with Crippen LogP contribution in [0.25, 0.3) is 16.9 Å². The van der Waals surface area contributed by atoms with E-state index in [4.69, 9.17) is 30.5 Å². The zero-order valence-electron chi connectivity index (χ0n) is 30.5. The Balaban J connectivity index is 1.07. The first kappa shape index (κ1) is 37.8. The molecule has 2 aromatic heterocycles. The summed E-state index contributed by atoms with van der Waals surface area (Å²) in [6.07, 6.45) is -2.40. The van der Waals surface area contributed by atoms with E-state index < -0.39 is 59.8 Å². The fourth-order valence-corrected chi connectivity index (χ4v) is 7.46. The lowest BCUT2D eigenvalue weighted by atomic mass is 9.91. The number of fused-ring (bicyclic) bond motifs is 1. The van der Waals surface area contributed by atoms with Gasteiger partial charge in [0.1, 0.15) is 48.1 Å². The summed E-state index contributed by atoms with van der Waals surface area (Å²) in [6, 6.07) is 15.3. The van der Waals surface area contributed by atoms with E-state index in [1.165, 1.54) is 17.2 Å². The molecule has 3 aromatic carbocycles. The number of carbonyl (C=O) groups is 1. The number of hydrogen-bond acceptors (Lipinski definition) is 11. The van der Waals surface area contributed by atoms with Crippen molar-refractivity contribution in [2.45, 2.75) is 63.1 Å². The van der Waals surface area contributed by atoms with Crippen LogP contribution in [-0.2, 0) is 18.9 Å². The van der Waals surface area contributed by atoms with Gasteiger partial charge in [0, 0.05) is 37.3 Å². The van der Waals surface area contributed by atoms with E-state index in [9.17, 15) is 23.1 Å². The number of carbonyl (C=O) groups excluding carboxylic acids is 1. The molecule has 0 bridgehead atoms. The molecule has 18 heteroatoms. The Morgan fingerprint density at radius 2 is 1.70 bits per heavy atom. The molecule has 14 nitrogen and oxygen atoms in total. The second kappa shape index (κ2) is 15.1. The SMILES string of the molecule is CC(C)(C)OC(=O)N1CCN(c2ccc(-n3cnnc3[C@@H]3O[C@@H]4COC(c5ccccc5)O[C@@H]4[C@H](n4cc(-c5cc(F)c(F)c(F)c5)nn4)[C@H]3O)cc2Cl)CC1. The van der Waals surface area contributed by atoms with E-state index in [1.807, 2.05) is 63.2 Å². The maximum Gasteiger partial charge on any atom is 0.410 e. The molecule has 1 unspecified atom stereocenters. The number of hydrogen-bond donors (Lipinski definition) is 1. The Morgan fingerprint density at radius 3 is 2.39 bits per heavy atom. The van der Waals surface area contributed by atoms with Gasteiger partial charge in [-0.1, -0.05) is 47.1 Å². The average Bonchev–Trinajstić information content (AvgIpc) is 3.87. The lowest BCUT2D eigenvalue weighted by molar-refractivity contribution is -0.319. The number of nitrogens with zero attached hydrogens (tertiary/aromatic N) is 8. The molecule has 1 amide bonds. The molecule has 5 aromatic rings. The van der Waals surface area contributed by atoms with Crippen LogP contribution in [0, 0.1) is 17.5 Å². The predicted molar refractivity (Wildman–Crippen MR) is 194 cm³/mol. The van der Waals surface area contributed by atoms with Crippen LogP contribution >= 0.6 is 11.6 Å². The van der Waals surface area contributed by atoms with Gasteiger partial charge in [-0.15, -0.1) is 15.3 Å². The standard InChI is InChI=1S/C38H38ClF3N8O6/c1-38(2,3)56-37(52)48-13-11-47(12-14-48)28-10-9-23(17-24(28)39)49-20-43-45-35(49)34-32(51)31(33-29(54-34)19-53-36(55-33)21-7-5-4-6-8-21)50-18-27(44-46-50)22-15-25(40)30(42)26(41)16-22/h4-10,15-18,20,29,31-34,36,51H,11-14,19H2,1-3H3/t29-,31-,32-,33+,34-,36?/m1/s1. The molecule has 0 aliphatic carbocycles. The largest absolute Gasteiger partial charge is 0.444 e. The van der Waals surface area contributed by atoms with Crippen LogP contribution in [0.1, 0.15) is 50.6 Å². The van der Waals surface area contributed by atoms with Crippen molar-refractivity contribution in [1.29, 1.82) is 0 Å². The van der Waals surface area contributed by atoms with Crippen LogP contribution in [0.5, 0.6) is 0 Å². The number of aliphatic hydroxyl groups excluding tert-OH is 1. The van der Waals surface area contributed by atoms with Gasteiger partial charge in [0.05, 0.1) is 29.2 Å². The van der Waals surface area contributed by atoms with Crippen LogP contribution in [0.2, 0.25) is 5.02 Å². The minimum atomic E-state index is -1.60. The van der Waals surface area contributed by atoms with Gasteiger partial charge < -0.3 is 33.9 Å². The lowest BCUT2D eigenvalue weighted by Crippen LogP contribution is -2.57. The van der Waals surface area contributed by atoms with Gasteiger partial charge in [-0.3, -0.25) is 4.57 Å². The molecule has 3 fully saturated rings. The molecular weight excluding hydrogens is 757 g/mol. The van der Waals surface area contributed by atoms with Crippen molar-refractivity contribution in [2.75, 3.05) is 37.7 Å². The number of ether oxygens (including phenoxy) is 4. The Labute approximate surface area is 324 Å². The molecule has 3 saturated heterocycles. The molecule has 0 spiro atoms. The monoisotopic (exact) mass is 794 g/mol. The number of anilines is 1. The minimum absolute atomic E-state index is 0.0328. The highest BCUT2D eigenvalue weighted by Gasteiger charge is 2.52. The van der Waals surface area contributed by atoms with Gasteiger partial charge >= 0.3 is 6.09 Å². The zero-order chi connectivity index (χ0) is 39.3. The Bertz CT molecular complexity index is 2190. The van der Waals surface area contributed by atoms with Crippen molar-refractivity contribution in [2.24, 2.45) is 0 Å². The Kier molecular flexibility index (Phi) is 10.2. The van der Waals surface area contributed by atoms with E-state index >= 15 is 0 Å². The van der Waals surface area contributed by atoms with Crippen LogP contribution < -0.4 is 4.90 Å². The van der Waals surface area contributed by atoms with Crippen LogP contribution in [0.15, 0.2) is 73.2 Å². The predicted octanol–water partition coefficient (Wildman–Crippen LogP) is 5.81. The number of piperazine rings is 1. The van der Waals surface area contributed by atoms with E-state index in [0.717, 1.165) is 23.4 Å². The molecule has 56 heavy (non-hydrogen) atoms. The summed E-state index contributed by atoms with van der Waals surface area (Å²) in [5, 5.41) is 29.4. The van der Waals surface area contributed by atoms with E-state index in [2.05, 4.69) is 25.4 Å². The smallest absolute Gasteiger partial charge is 0.410 e. The maximum atomic E-state index is 14.2. The third kappa shape index (κ3) is 7.44. The number of halogens is 4. The van der Waals surface area contributed by atoms with Crippen LogP contribution in [0.3, 0.4) is 0 Å². The second-order valence-corrected chi connectivity index (χ2v) is 15.1. The van der Waals surface area contributed by atoms with Crippen molar-refractivity contribution in [3.05, 3.63) is 107 Å². The van der Waals surface area contributed by atoms with Crippen LogP contribution in [-0.4, -0.2) is 103 Å². The normalized spacial score (nSPS) is 24.2. The van der Waals surface area contributed by atoms with Crippen molar-refractivity contribution in [3.63, 3.8) is 0 Å². The number of aliphatic hydroxyl groups is 1. The van der Waals surface area contributed by atoms with Gasteiger partial charge in [-0.25, -0.2) is 22.6 Å². The third-order valence-electron chi connectivity index (χ3n) is 9.85. The molecule has 1 N–H and O–H groups in total. The highest BCUT2D eigenvalue weighted by atomic mass is 35.5. The van der Waals surface area contributed by atoms with Crippen molar-refractivity contribution >= 4 is 23.4 Å². The minimum Gasteiger partial charge on any atom is -0.444 e. The zero-order valence-corrected chi connectivity index (χ0v) is 31.3. The highest BCUT2D eigenvalue weighted by molar-refractivity contribution is 6.33. The van der Waals surface area contributed by atoms with Gasteiger partial charge in [0.15, 0.2) is 29.6 Å². The number of amides is 1. The Morgan fingerprint density at radius 1 is 0.964 bits per heavy atom. The van der Waals surface area contributed by atoms with Gasteiger partial charge in [0.2, 0.25) is 0 Å². The van der Waals surface area contributed by atoms with Gasteiger partial charge in [-0.05, 0) is 51.1 Å².